The molecule has 0 atom stereocenters. The monoisotopic (exact) mass is 411 g/mol. The lowest BCUT2D eigenvalue weighted by Crippen LogP contribution is -2.14. The second kappa shape index (κ2) is 9.05. The van der Waals surface area contributed by atoms with Crippen LogP contribution in [0.25, 0.3) is 11.3 Å². The zero-order chi connectivity index (χ0) is 21.0. The highest BCUT2D eigenvalue weighted by Crippen LogP contribution is 2.28. The lowest BCUT2D eigenvalue weighted by atomic mass is 10.2. The van der Waals surface area contributed by atoms with Gasteiger partial charge in [0.1, 0.15) is 5.01 Å². The van der Waals surface area contributed by atoms with Gasteiger partial charge in [0.25, 0.3) is 0 Å². The van der Waals surface area contributed by atoms with E-state index in [1.54, 1.807) is 0 Å². The summed E-state index contributed by atoms with van der Waals surface area (Å²) in [4.78, 5) is 28.5. The number of aryl methyl sites for hydroxylation is 2. The van der Waals surface area contributed by atoms with E-state index in [1.165, 1.54) is 18.4 Å². The zero-order valence-corrected chi connectivity index (χ0v) is 17.9. The summed E-state index contributed by atoms with van der Waals surface area (Å²) in [7, 11) is 1.40. The highest BCUT2D eigenvalue weighted by atomic mass is 32.1. The van der Waals surface area contributed by atoms with E-state index in [1.807, 2.05) is 50.4 Å². The molecule has 7 heteroatoms. The number of hydrogen-bond donors (Lipinski definition) is 1. The number of benzene rings is 1. The Kier molecular flexibility index (Phi) is 6.49. The molecule has 2 heterocycles. The molecule has 0 aliphatic carbocycles. The van der Waals surface area contributed by atoms with Crippen LogP contribution in [0.1, 0.15) is 28.4 Å². The topological polar surface area (TPSA) is 73.2 Å². The van der Waals surface area contributed by atoms with Crippen molar-refractivity contribution in [2.24, 2.45) is 0 Å². The van der Waals surface area contributed by atoms with Crippen molar-refractivity contribution >= 4 is 28.9 Å². The SMILES string of the molecule is COC(=O)CCn1c(C)cc(-c2csc(CC(=O)Nc3ccccc3C)n2)c1C. The van der Waals surface area contributed by atoms with E-state index in [-0.39, 0.29) is 18.3 Å². The Balaban J connectivity index is 1.70. The quantitative estimate of drug-likeness (QED) is 0.589. The molecule has 0 aliphatic heterocycles. The van der Waals surface area contributed by atoms with Crippen molar-refractivity contribution in [2.45, 2.75) is 40.2 Å². The zero-order valence-electron chi connectivity index (χ0n) is 17.1. The third-order valence-electron chi connectivity index (χ3n) is 4.90. The Bertz CT molecular complexity index is 1040. The van der Waals surface area contributed by atoms with Gasteiger partial charge in [0, 0.05) is 34.6 Å². The normalized spacial score (nSPS) is 10.8. The predicted molar refractivity (Wildman–Crippen MR) is 115 cm³/mol. The van der Waals surface area contributed by atoms with Gasteiger partial charge in [-0.15, -0.1) is 11.3 Å². The summed E-state index contributed by atoms with van der Waals surface area (Å²) in [6.07, 6.45) is 0.563. The summed E-state index contributed by atoms with van der Waals surface area (Å²) in [6.45, 7) is 6.56. The Morgan fingerprint density at radius 3 is 2.69 bits per heavy atom. The molecule has 1 aromatic carbocycles. The highest BCUT2D eigenvalue weighted by molar-refractivity contribution is 7.10. The van der Waals surface area contributed by atoms with Crippen LogP contribution in [0, 0.1) is 20.8 Å². The number of amides is 1. The molecule has 6 nitrogen and oxygen atoms in total. The van der Waals surface area contributed by atoms with Gasteiger partial charge in [-0.05, 0) is 38.5 Å². The van der Waals surface area contributed by atoms with Crippen molar-refractivity contribution in [2.75, 3.05) is 12.4 Å². The number of nitrogens with zero attached hydrogens (tertiary/aromatic N) is 2. The molecule has 0 fully saturated rings. The molecule has 0 saturated heterocycles. The van der Waals surface area contributed by atoms with Crippen LogP contribution in [0.5, 0.6) is 0 Å². The van der Waals surface area contributed by atoms with Gasteiger partial charge in [0.05, 0.1) is 25.6 Å². The Hall–Kier alpha value is -2.93. The summed E-state index contributed by atoms with van der Waals surface area (Å²) >= 11 is 1.48. The summed E-state index contributed by atoms with van der Waals surface area (Å²) in [5.74, 6) is -0.307. The number of aromatic nitrogens is 2. The molecule has 0 radical (unpaired) electrons. The molecule has 29 heavy (non-hydrogen) atoms. The summed E-state index contributed by atoms with van der Waals surface area (Å²) in [5.41, 5.74) is 5.84. The first kappa shape index (κ1) is 20.8. The molecule has 1 N–H and O–H groups in total. The number of esters is 1. The maximum absolute atomic E-state index is 12.4. The van der Waals surface area contributed by atoms with E-state index in [0.29, 0.717) is 13.0 Å². The summed E-state index contributed by atoms with van der Waals surface area (Å²) in [5, 5.41) is 5.69. The van der Waals surface area contributed by atoms with Crippen LogP contribution in [0.15, 0.2) is 35.7 Å². The molecule has 2 aromatic heterocycles. The number of carbonyl (C=O) groups is 2. The van der Waals surface area contributed by atoms with Gasteiger partial charge in [0.2, 0.25) is 5.91 Å². The average Bonchev–Trinajstić information content (AvgIpc) is 3.26. The molecular weight excluding hydrogens is 386 g/mol. The van der Waals surface area contributed by atoms with Gasteiger partial charge in [0.15, 0.2) is 0 Å². The number of anilines is 1. The van der Waals surface area contributed by atoms with E-state index in [4.69, 9.17) is 4.74 Å². The molecule has 0 saturated carbocycles. The number of nitrogens with one attached hydrogen (secondary N) is 1. The predicted octanol–water partition coefficient (Wildman–Crippen LogP) is 4.28. The number of para-hydroxylation sites is 1. The van der Waals surface area contributed by atoms with Crippen LogP contribution in [0.2, 0.25) is 0 Å². The first-order valence-electron chi connectivity index (χ1n) is 9.43. The molecule has 3 rings (SSSR count). The fourth-order valence-electron chi connectivity index (χ4n) is 3.27. The van der Waals surface area contributed by atoms with E-state index < -0.39 is 0 Å². The molecule has 3 aromatic rings. The van der Waals surface area contributed by atoms with E-state index in [0.717, 1.165) is 38.9 Å². The van der Waals surface area contributed by atoms with Crippen LogP contribution in [0.4, 0.5) is 5.69 Å². The smallest absolute Gasteiger partial charge is 0.307 e. The number of thiazole rings is 1. The van der Waals surface area contributed by atoms with Gasteiger partial charge in [-0.2, -0.15) is 0 Å². The van der Waals surface area contributed by atoms with Crippen molar-refractivity contribution in [3.63, 3.8) is 0 Å². The minimum absolute atomic E-state index is 0.0799. The van der Waals surface area contributed by atoms with E-state index in [9.17, 15) is 9.59 Å². The average molecular weight is 412 g/mol. The fraction of sp³-hybridized carbons (Fsp3) is 0.318. The van der Waals surface area contributed by atoms with E-state index in [2.05, 4.69) is 20.9 Å². The van der Waals surface area contributed by atoms with Crippen molar-refractivity contribution < 1.29 is 14.3 Å². The first-order chi connectivity index (χ1) is 13.9. The minimum Gasteiger partial charge on any atom is -0.469 e. The molecule has 1 amide bonds. The summed E-state index contributed by atoms with van der Waals surface area (Å²) in [6, 6.07) is 9.77. The number of carbonyl (C=O) groups excluding carboxylic acids is 2. The van der Waals surface area contributed by atoms with Gasteiger partial charge < -0.3 is 14.6 Å². The standard InChI is InChI=1S/C22H25N3O3S/c1-14-7-5-6-8-18(14)23-20(26)12-21-24-19(13-29-21)17-11-15(2)25(16(17)3)10-9-22(27)28-4/h5-8,11,13H,9-10,12H2,1-4H3,(H,23,26). The van der Waals surface area contributed by atoms with Crippen molar-refractivity contribution in [3.8, 4) is 11.3 Å². The number of ether oxygens (including phenoxy) is 1. The Morgan fingerprint density at radius 1 is 1.21 bits per heavy atom. The van der Waals surface area contributed by atoms with Gasteiger partial charge >= 0.3 is 5.97 Å². The van der Waals surface area contributed by atoms with Crippen LogP contribution >= 0.6 is 11.3 Å². The molecular formula is C22H25N3O3S. The molecule has 152 valence electrons. The highest BCUT2D eigenvalue weighted by Gasteiger charge is 2.16. The molecule has 0 aliphatic rings. The third-order valence-corrected chi connectivity index (χ3v) is 5.75. The van der Waals surface area contributed by atoms with Crippen molar-refractivity contribution in [1.29, 1.82) is 0 Å². The van der Waals surface area contributed by atoms with Gasteiger partial charge in [-0.1, -0.05) is 18.2 Å². The van der Waals surface area contributed by atoms with Gasteiger partial charge in [-0.25, -0.2) is 4.98 Å². The van der Waals surface area contributed by atoms with Crippen LogP contribution in [0.3, 0.4) is 0 Å². The fourth-order valence-corrected chi connectivity index (χ4v) is 4.06. The molecule has 0 spiro atoms. The first-order valence-corrected chi connectivity index (χ1v) is 10.3. The molecule has 0 bridgehead atoms. The second-order valence-corrected chi connectivity index (χ2v) is 7.87. The van der Waals surface area contributed by atoms with Crippen molar-refractivity contribution in [3.05, 3.63) is 57.7 Å². The lowest BCUT2D eigenvalue weighted by Gasteiger charge is -2.08. The van der Waals surface area contributed by atoms with Gasteiger partial charge in [-0.3, -0.25) is 9.59 Å². The lowest BCUT2D eigenvalue weighted by molar-refractivity contribution is -0.140. The second-order valence-electron chi connectivity index (χ2n) is 6.93. The number of hydrogen-bond acceptors (Lipinski definition) is 5. The third kappa shape index (κ3) is 4.92. The summed E-state index contributed by atoms with van der Waals surface area (Å²) < 4.78 is 6.83. The van der Waals surface area contributed by atoms with Crippen LogP contribution in [-0.4, -0.2) is 28.5 Å². The maximum Gasteiger partial charge on any atom is 0.307 e. The van der Waals surface area contributed by atoms with Crippen molar-refractivity contribution in [1.82, 2.24) is 9.55 Å². The van der Waals surface area contributed by atoms with Crippen LogP contribution < -0.4 is 5.32 Å². The van der Waals surface area contributed by atoms with E-state index >= 15 is 0 Å². The minimum atomic E-state index is -0.227. The Morgan fingerprint density at radius 2 is 1.97 bits per heavy atom. The largest absolute Gasteiger partial charge is 0.469 e. The number of methoxy groups -OCH3 is 1. The molecule has 0 unspecified atom stereocenters. The van der Waals surface area contributed by atoms with Crippen LogP contribution in [-0.2, 0) is 27.3 Å². The maximum atomic E-state index is 12.4. The number of rotatable bonds is 7. The Labute approximate surface area is 174 Å².